The van der Waals surface area contributed by atoms with Crippen LogP contribution in [0.1, 0.15) is 38.1 Å². The molecule has 2 heterocycles. The van der Waals surface area contributed by atoms with Crippen LogP contribution in [-0.2, 0) is 13.1 Å². The van der Waals surface area contributed by atoms with E-state index >= 15 is 0 Å². The first-order chi connectivity index (χ1) is 17.1. The number of nitrogens with one attached hydrogen (secondary N) is 2. The minimum absolute atomic E-state index is 0.106. The first-order valence-corrected chi connectivity index (χ1v) is 12.0. The minimum atomic E-state index is -0.190. The van der Waals surface area contributed by atoms with Gasteiger partial charge in [-0.05, 0) is 72.0 Å². The summed E-state index contributed by atoms with van der Waals surface area (Å²) in [6.07, 6.45) is 1.64. The molecule has 7 nitrogen and oxygen atoms in total. The standard InChI is InChI=1S/C27H25N3O4S/c1-2-33-22-9-11-23(12-10-22)34-25-16-20(13-14-28-25)18-29-26(31)21-7-5-19(6-8-21)17-30-27(32)24-4-3-15-35-24/h3-16H,2,17-18H2,1H3,(H,29,31)(H,30,32). The van der Waals surface area contributed by atoms with Crippen LogP contribution in [0.3, 0.4) is 0 Å². The normalized spacial score (nSPS) is 10.4. The lowest BCUT2D eigenvalue weighted by Gasteiger charge is -2.09. The van der Waals surface area contributed by atoms with Crippen molar-refractivity contribution >= 4 is 23.2 Å². The van der Waals surface area contributed by atoms with E-state index in [0.29, 0.717) is 41.8 Å². The second-order valence-electron chi connectivity index (χ2n) is 7.55. The molecule has 35 heavy (non-hydrogen) atoms. The molecule has 0 unspecified atom stereocenters. The van der Waals surface area contributed by atoms with E-state index in [1.165, 1.54) is 11.3 Å². The maximum absolute atomic E-state index is 12.6. The van der Waals surface area contributed by atoms with Crippen LogP contribution in [0.2, 0.25) is 0 Å². The van der Waals surface area contributed by atoms with Gasteiger partial charge in [0.15, 0.2) is 0 Å². The molecular weight excluding hydrogens is 462 g/mol. The smallest absolute Gasteiger partial charge is 0.261 e. The number of thiophene rings is 1. The van der Waals surface area contributed by atoms with Crippen LogP contribution in [-0.4, -0.2) is 23.4 Å². The Balaban J connectivity index is 1.27. The van der Waals surface area contributed by atoms with E-state index in [4.69, 9.17) is 9.47 Å². The monoisotopic (exact) mass is 487 g/mol. The quantitative estimate of drug-likeness (QED) is 0.321. The zero-order chi connectivity index (χ0) is 24.5. The number of carbonyl (C=O) groups excluding carboxylic acids is 2. The Labute approximate surface area is 207 Å². The van der Waals surface area contributed by atoms with E-state index in [1.54, 1.807) is 30.5 Å². The summed E-state index contributed by atoms with van der Waals surface area (Å²) in [4.78, 5) is 29.5. The van der Waals surface area contributed by atoms with Crippen LogP contribution in [0.5, 0.6) is 17.4 Å². The Kier molecular flexibility index (Phi) is 8.08. The third-order valence-electron chi connectivity index (χ3n) is 5.02. The summed E-state index contributed by atoms with van der Waals surface area (Å²) in [5, 5.41) is 7.65. The SMILES string of the molecule is CCOc1ccc(Oc2cc(CNC(=O)c3ccc(CNC(=O)c4cccs4)cc3)ccn2)cc1. The Morgan fingerprint density at radius 3 is 2.29 bits per heavy atom. The van der Waals surface area contributed by atoms with E-state index in [9.17, 15) is 9.59 Å². The highest BCUT2D eigenvalue weighted by molar-refractivity contribution is 7.12. The second kappa shape index (κ2) is 11.8. The summed E-state index contributed by atoms with van der Waals surface area (Å²) in [5.74, 6) is 1.57. The molecule has 0 aliphatic rings. The molecule has 0 atom stereocenters. The van der Waals surface area contributed by atoms with Gasteiger partial charge in [0.2, 0.25) is 5.88 Å². The first-order valence-electron chi connectivity index (χ1n) is 11.1. The van der Waals surface area contributed by atoms with Gasteiger partial charge in [0.05, 0.1) is 11.5 Å². The fraction of sp³-hybridized carbons (Fsp3) is 0.148. The molecule has 2 amide bonds. The Morgan fingerprint density at radius 2 is 1.57 bits per heavy atom. The first kappa shape index (κ1) is 24.0. The van der Waals surface area contributed by atoms with Gasteiger partial charge < -0.3 is 20.1 Å². The summed E-state index contributed by atoms with van der Waals surface area (Å²) in [5.41, 5.74) is 2.32. The Bertz CT molecular complexity index is 1260. The van der Waals surface area contributed by atoms with Crippen molar-refractivity contribution in [2.45, 2.75) is 20.0 Å². The maximum atomic E-state index is 12.6. The van der Waals surface area contributed by atoms with E-state index in [-0.39, 0.29) is 11.8 Å². The van der Waals surface area contributed by atoms with Gasteiger partial charge in [0, 0.05) is 30.9 Å². The average Bonchev–Trinajstić information content (AvgIpc) is 3.43. The molecular formula is C27H25N3O4S. The summed E-state index contributed by atoms with van der Waals surface area (Å²) >= 11 is 1.40. The molecule has 178 valence electrons. The van der Waals surface area contributed by atoms with E-state index in [2.05, 4.69) is 15.6 Å². The molecule has 0 saturated carbocycles. The number of amides is 2. The van der Waals surface area contributed by atoms with Crippen molar-refractivity contribution < 1.29 is 19.1 Å². The second-order valence-corrected chi connectivity index (χ2v) is 8.50. The van der Waals surface area contributed by atoms with E-state index < -0.39 is 0 Å². The van der Waals surface area contributed by atoms with Crippen LogP contribution in [0.25, 0.3) is 0 Å². The summed E-state index contributed by atoms with van der Waals surface area (Å²) < 4.78 is 11.2. The van der Waals surface area contributed by atoms with Crippen molar-refractivity contribution in [3.63, 3.8) is 0 Å². The molecule has 2 N–H and O–H groups in total. The zero-order valence-corrected chi connectivity index (χ0v) is 20.0. The number of carbonyl (C=O) groups is 2. The predicted molar refractivity (Wildman–Crippen MR) is 135 cm³/mol. The molecule has 0 spiro atoms. The molecule has 0 aliphatic carbocycles. The van der Waals surface area contributed by atoms with Crippen molar-refractivity contribution in [2.24, 2.45) is 0 Å². The Morgan fingerprint density at radius 1 is 0.857 bits per heavy atom. The average molecular weight is 488 g/mol. The number of ether oxygens (including phenoxy) is 2. The van der Waals surface area contributed by atoms with Crippen LogP contribution in [0, 0.1) is 0 Å². The number of nitrogens with zero attached hydrogens (tertiary/aromatic N) is 1. The lowest BCUT2D eigenvalue weighted by atomic mass is 10.1. The number of rotatable bonds is 10. The van der Waals surface area contributed by atoms with Gasteiger partial charge in [-0.3, -0.25) is 9.59 Å². The van der Waals surface area contributed by atoms with Gasteiger partial charge in [0.1, 0.15) is 11.5 Å². The van der Waals surface area contributed by atoms with Gasteiger partial charge in [-0.15, -0.1) is 11.3 Å². The van der Waals surface area contributed by atoms with Gasteiger partial charge in [0.25, 0.3) is 11.8 Å². The minimum Gasteiger partial charge on any atom is -0.494 e. The lowest BCUT2D eigenvalue weighted by molar-refractivity contribution is 0.0943. The lowest BCUT2D eigenvalue weighted by Crippen LogP contribution is -2.23. The number of hydrogen-bond donors (Lipinski definition) is 2. The van der Waals surface area contributed by atoms with E-state index in [1.807, 2.05) is 60.8 Å². The summed E-state index contributed by atoms with van der Waals surface area (Å²) in [6, 6.07) is 21.7. The van der Waals surface area contributed by atoms with Gasteiger partial charge in [-0.2, -0.15) is 0 Å². The third-order valence-corrected chi connectivity index (χ3v) is 5.89. The molecule has 8 heteroatoms. The molecule has 0 fully saturated rings. The van der Waals surface area contributed by atoms with Crippen molar-refractivity contribution in [3.05, 3.63) is 106 Å². The number of pyridine rings is 1. The van der Waals surface area contributed by atoms with E-state index in [0.717, 1.165) is 16.9 Å². The van der Waals surface area contributed by atoms with Crippen LogP contribution >= 0.6 is 11.3 Å². The zero-order valence-electron chi connectivity index (χ0n) is 19.2. The van der Waals surface area contributed by atoms with Crippen molar-refractivity contribution in [2.75, 3.05) is 6.61 Å². The fourth-order valence-electron chi connectivity index (χ4n) is 3.24. The largest absolute Gasteiger partial charge is 0.494 e. The molecule has 4 rings (SSSR count). The number of benzene rings is 2. The molecule has 4 aromatic rings. The molecule has 2 aromatic heterocycles. The van der Waals surface area contributed by atoms with Crippen molar-refractivity contribution in [3.8, 4) is 17.4 Å². The topological polar surface area (TPSA) is 89.5 Å². The van der Waals surface area contributed by atoms with Gasteiger partial charge >= 0.3 is 0 Å². The molecule has 0 saturated heterocycles. The Hall–Kier alpha value is -4.17. The highest BCUT2D eigenvalue weighted by atomic mass is 32.1. The van der Waals surface area contributed by atoms with Gasteiger partial charge in [-0.25, -0.2) is 4.98 Å². The molecule has 0 radical (unpaired) electrons. The van der Waals surface area contributed by atoms with Crippen LogP contribution in [0.4, 0.5) is 0 Å². The van der Waals surface area contributed by atoms with Crippen molar-refractivity contribution in [1.29, 1.82) is 0 Å². The summed E-state index contributed by atoms with van der Waals surface area (Å²) in [6.45, 7) is 3.27. The molecule has 0 aliphatic heterocycles. The summed E-state index contributed by atoms with van der Waals surface area (Å²) in [7, 11) is 0. The van der Waals surface area contributed by atoms with Crippen molar-refractivity contribution in [1.82, 2.24) is 15.6 Å². The third kappa shape index (κ3) is 6.91. The number of aromatic nitrogens is 1. The highest BCUT2D eigenvalue weighted by Gasteiger charge is 2.09. The highest BCUT2D eigenvalue weighted by Crippen LogP contribution is 2.23. The molecule has 0 bridgehead atoms. The number of hydrogen-bond acceptors (Lipinski definition) is 6. The predicted octanol–water partition coefficient (Wildman–Crippen LogP) is 5.19. The molecule has 2 aromatic carbocycles. The fourth-order valence-corrected chi connectivity index (χ4v) is 3.88. The van der Waals surface area contributed by atoms with Crippen LogP contribution in [0.15, 0.2) is 84.4 Å². The van der Waals surface area contributed by atoms with Crippen LogP contribution < -0.4 is 20.1 Å². The maximum Gasteiger partial charge on any atom is 0.261 e. The van der Waals surface area contributed by atoms with Gasteiger partial charge in [-0.1, -0.05) is 18.2 Å².